The van der Waals surface area contributed by atoms with Crippen LogP contribution in [0.25, 0.3) is 94.3 Å². The minimum Gasteiger partial charge on any atom is -0.458 e. The number of fused-ring (bicyclic) bond motifs is 11. The third-order valence-electron chi connectivity index (χ3n) is 23.6. The van der Waals surface area contributed by atoms with E-state index in [0.29, 0.717) is 11.8 Å². The summed E-state index contributed by atoms with van der Waals surface area (Å²) >= 11 is 0. The molecule has 21 rings (SSSR count). The number of rotatable bonds is 10. The molecular weight excluding hydrogens is 1340 g/mol. The quantitative estimate of drug-likeness (QED) is 0.127. The normalized spacial score (nSPS) is 13.2. The van der Waals surface area contributed by atoms with Gasteiger partial charge in [-0.3, -0.25) is 0 Å². The average molecular weight is 1420 g/mol. The Balaban J connectivity index is 0.919. The SMILES string of the molecule is [2H]c1c2c(cc3c1B1c4ccc(-n5c6ccccc6c6ccccc65)cc4N(c4c(-c5ccccc5)cccc4-c4ccccc4)c4cc(C(C)(C)C)cc(c41)N3c1c(-c3ccccc3)cccc1-c1ccccc1)Oc1cc(C(C)(C)C)cc3c1B2c1ccccc1N3c1c(-c2ccccc2)cccc1-c1ccccc1. The minimum absolute atomic E-state index is 0.309. The molecule has 0 atom stereocenters. The number of hydrogen-bond donors (Lipinski definition) is 0. The topological polar surface area (TPSA) is 23.9 Å². The van der Waals surface area contributed by atoms with Crippen LogP contribution in [0.4, 0.5) is 51.2 Å². The Bertz CT molecular complexity index is 6420. The fourth-order valence-corrected chi connectivity index (χ4v) is 18.4. The summed E-state index contributed by atoms with van der Waals surface area (Å²) in [6.07, 6.45) is 0. The lowest BCUT2D eigenvalue weighted by Crippen LogP contribution is -2.64. The van der Waals surface area contributed by atoms with E-state index in [9.17, 15) is 1.37 Å². The van der Waals surface area contributed by atoms with E-state index >= 15 is 0 Å². The van der Waals surface area contributed by atoms with E-state index in [-0.39, 0.29) is 10.8 Å². The predicted octanol–water partition coefficient (Wildman–Crippen LogP) is 23.9. The van der Waals surface area contributed by atoms with Crippen molar-refractivity contribution in [3.05, 3.63) is 375 Å². The van der Waals surface area contributed by atoms with Gasteiger partial charge in [0.15, 0.2) is 0 Å². The van der Waals surface area contributed by atoms with Gasteiger partial charge in [-0.15, -0.1) is 0 Å². The van der Waals surface area contributed by atoms with E-state index in [0.717, 1.165) is 179 Å². The Kier molecular flexibility index (Phi) is 15.0. The highest BCUT2D eigenvalue weighted by Crippen LogP contribution is 2.56. The lowest BCUT2D eigenvalue weighted by Gasteiger charge is -2.47. The van der Waals surface area contributed by atoms with Crippen LogP contribution in [-0.4, -0.2) is 18.0 Å². The highest BCUT2D eigenvalue weighted by molar-refractivity contribution is 7.02. The van der Waals surface area contributed by atoms with Crippen LogP contribution >= 0.6 is 0 Å². The highest BCUT2D eigenvalue weighted by atomic mass is 16.5. The summed E-state index contributed by atoms with van der Waals surface area (Å²) in [4.78, 5) is 7.77. The molecule has 0 saturated heterocycles. The molecular formula is C104H78B2N4O. The van der Waals surface area contributed by atoms with Crippen molar-refractivity contribution in [2.24, 2.45) is 0 Å². The van der Waals surface area contributed by atoms with Gasteiger partial charge in [0.25, 0.3) is 13.4 Å². The molecule has 111 heavy (non-hydrogen) atoms. The van der Waals surface area contributed by atoms with E-state index in [1.807, 2.05) is 0 Å². The lowest BCUT2D eigenvalue weighted by atomic mass is 9.30. The van der Waals surface area contributed by atoms with E-state index in [1.54, 1.807) is 0 Å². The molecule has 4 aliphatic heterocycles. The standard InChI is InChI=1S/C104H78B2N4O/c1-103(2,3)73-60-93-98-94(61-73)110(102-80(71-42-21-11-22-43-71)52-33-53-81(102)72-44-23-12-24-45-72)92-66-96-87(106-84-54-27-30-57-90(84)108(95-62-74(104(4,5)6)63-97(111-96)99(95)106)100-76(67-34-13-7-14-35-67)48-31-49-77(100)68-36-15-8-16-37-68)65-86(92)105(98)85-59-58-75(107-88-55-28-25-46-82(88)83-47-26-29-56-89(83)107)64-91(85)109(93)101-78(69-38-17-9-18-39-69)50-32-51-79(101)70-40-19-10-20-41-70/h7-66H,1-6H3/i65D. The molecule has 1 aromatic heterocycles. The number of benzene rings is 16. The van der Waals surface area contributed by atoms with Crippen molar-refractivity contribution in [3.8, 4) is 83.9 Å². The third kappa shape index (κ3) is 10.5. The van der Waals surface area contributed by atoms with Crippen LogP contribution in [0.15, 0.2) is 364 Å². The number of anilines is 9. The second kappa shape index (κ2) is 25.7. The monoisotopic (exact) mass is 1420 g/mol. The van der Waals surface area contributed by atoms with Crippen LogP contribution in [0.5, 0.6) is 11.5 Å². The Hall–Kier alpha value is -13.4. The fraction of sp³-hybridized carbons (Fsp3) is 0.0769. The Morgan fingerprint density at radius 3 is 1.04 bits per heavy atom. The van der Waals surface area contributed by atoms with E-state index < -0.39 is 13.4 Å². The van der Waals surface area contributed by atoms with Gasteiger partial charge in [-0.1, -0.05) is 345 Å². The molecule has 0 bridgehead atoms. The molecule has 5 heterocycles. The molecule has 0 amide bonds. The second-order valence-corrected chi connectivity index (χ2v) is 32.1. The first-order valence-electron chi connectivity index (χ1n) is 39.4. The van der Waals surface area contributed by atoms with E-state index in [2.05, 4.69) is 419 Å². The predicted molar refractivity (Wildman–Crippen MR) is 471 cm³/mol. The maximum Gasteiger partial charge on any atom is 0.256 e. The summed E-state index contributed by atoms with van der Waals surface area (Å²) in [5.74, 6) is 1.45. The molecule has 0 radical (unpaired) electrons. The summed E-state index contributed by atoms with van der Waals surface area (Å²) < 4.78 is 22.7. The molecule has 4 aliphatic rings. The zero-order chi connectivity index (χ0) is 75.3. The molecule has 0 saturated carbocycles. The lowest BCUT2D eigenvalue weighted by molar-refractivity contribution is 0.483. The van der Waals surface area contributed by atoms with Crippen molar-refractivity contribution in [2.75, 3.05) is 14.7 Å². The first kappa shape index (κ1) is 64.8. The van der Waals surface area contributed by atoms with Crippen molar-refractivity contribution >= 4 is 119 Å². The summed E-state index contributed by atoms with van der Waals surface area (Å²) in [6, 6.07) is 133. The third-order valence-corrected chi connectivity index (χ3v) is 23.6. The zero-order valence-corrected chi connectivity index (χ0v) is 62.9. The molecule has 0 unspecified atom stereocenters. The van der Waals surface area contributed by atoms with Crippen LogP contribution in [0, 0.1) is 0 Å². The van der Waals surface area contributed by atoms with Gasteiger partial charge in [0.1, 0.15) is 11.5 Å². The van der Waals surface area contributed by atoms with E-state index in [4.69, 9.17) is 4.74 Å². The Morgan fingerprint density at radius 1 is 0.270 bits per heavy atom. The van der Waals surface area contributed by atoms with E-state index in [1.165, 1.54) is 16.3 Å². The van der Waals surface area contributed by atoms with Crippen LogP contribution in [-0.2, 0) is 10.8 Å². The number of aromatic nitrogens is 1. The number of ether oxygens (including phenoxy) is 1. The Morgan fingerprint density at radius 2 is 0.613 bits per heavy atom. The van der Waals surface area contributed by atoms with Crippen LogP contribution in [0.3, 0.4) is 0 Å². The van der Waals surface area contributed by atoms with Gasteiger partial charge < -0.3 is 24.0 Å². The first-order valence-corrected chi connectivity index (χ1v) is 38.9. The van der Waals surface area contributed by atoms with Crippen LogP contribution in [0.2, 0.25) is 0 Å². The van der Waals surface area contributed by atoms with Gasteiger partial charge in [0, 0.05) is 90.0 Å². The van der Waals surface area contributed by atoms with Crippen LogP contribution < -0.4 is 52.2 Å². The van der Waals surface area contributed by atoms with Gasteiger partial charge in [-0.05, 0) is 143 Å². The molecule has 16 aromatic carbocycles. The van der Waals surface area contributed by atoms with Gasteiger partial charge in [-0.2, -0.15) is 0 Å². The molecule has 0 fully saturated rings. The molecule has 5 nitrogen and oxygen atoms in total. The maximum absolute atomic E-state index is 12.2. The largest absolute Gasteiger partial charge is 0.458 e. The highest BCUT2D eigenvalue weighted by Gasteiger charge is 2.50. The number of hydrogen-bond acceptors (Lipinski definition) is 4. The van der Waals surface area contributed by atoms with Crippen molar-refractivity contribution in [3.63, 3.8) is 0 Å². The van der Waals surface area contributed by atoms with Gasteiger partial charge in [0.2, 0.25) is 0 Å². The maximum atomic E-state index is 12.2. The smallest absolute Gasteiger partial charge is 0.256 e. The average Bonchev–Trinajstić information content (AvgIpc) is 0.683. The number of nitrogens with zero attached hydrogens (tertiary/aromatic N) is 4. The van der Waals surface area contributed by atoms with Gasteiger partial charge >= 0.3 is 0 Å². The fourth-order valence-electron chi connectivity index (χ4n) is 18.4. The summed E-state index contributed by atoms with van der Waals surface area (Å²) in [7, 11) is 0. The van der Waals surface area contributed by atoms with Crippen molar-refractivity contribution in [1.82, 2.24) is 4.57 Å². The first-order chi connectivity index (χ1) is 54.8. The summed E-state index contributed by atoms with van der Waals surface area (Å²) in [5, 5.41) is 2.39. The zero-order valence-electron chi connectivity index (χ0n) is 63.9. The minimum atomic E-state index is -0.514. The molecule has 0 aliphatic carbocycles. The van der Waals surface area contributed by atoms with Gasteiger partial charge in [0.05, 0.1) is 29.5 Å². The summed E-state index contributed by atoms with van der Waals surface area (Å²) in [5.41, 5.74) is 33.4. The van der Waals surface area contributed by atoms with Gasteiger partial charge in [-0.25, -0.2) is 0 Å². The number of para-hydroxylation sites is 6. The second-order valence-electron chi connectivity index (χ2n) is 32.1. The Labute approximate surface area is 651 Å². The molecule has 17 aromatic rings. The van der Waals surface area contributed by atoms with Crippen molar-refractivity contribution in [2.45, 2.75) is 52.4 Å². The van der Waals surface area contributed by atoms with Crippen LogP contribution in [0.1, 0.15) is 54.0 Å². The molecule has 7 heteroatoms. The molecule has 526 valence electrons. The van der Waals surface area contributed by atoms with Crippen molar-refractivity contribution in [1.29, 1.82) is 0 Å². The summed E-state index contributed by atoms with van der Waals surface area (Å²) in [6.45, 7) is 13.0. The van der Waals surface area contributed by atoms with Crippen molar-refractivity contribution < 1.29 is 6.11 Å². The molecule has 0 spiro atoms. The molecule has 0 N–H and O–H groups in total.